The molecule has 31 heavy (non-hydrogen) atoms. The van der Waals surface area contributed by atoms with Crippen LogP contribution < -0.4 is 10.6 Å². The summed E-state index contributed by atoms with van der Waals surface area (Å²) in [5, 5.41) is 16.7. The molecule has 0 amide bonds. The van der Waals surface area contributed by atoms with Gasteiger partial charge in [0.25, 0.3) is 0 Å². The molecule has 7 nitrogen and oxygen atoms in total. The predicted molar refractivity (Wildman–Crippen MR) is 123 cm³/mol. The molecule has 2 aromatic carbocycles. The first-order valence-electron chi connectivity index (χ1n) is 10.0. The number of rotatable bonds is 7. The Hall–Kier alpha value is -3.41. The van der Waals surface area contributed by atoms with Crippen molar-refractivity contribution in [1.29, 1.82) is 5.26 Å². The van der Waals surface area contributed by atoms with E-state index in [-0.39, 0.29) is 4.90 Å². The van der Waals surface area contributed by atoms with Crippen LogP contribution in [-0.2, 0) is 9.84 Å². The number of likely N-dealkylation sites (N-methyl/N-ethyl adjacent to an activating group) is 1. The molecule has 2 heterocycles. The van der Waals surface area contributed by atoms with E-state index >= 15 is 0 Å². The molecule has 0 fully saturated rings. The van der Waals surface area contributed by atoms with Crippen molar-refractivity contribution in [2.45, 2.75) is 11.8 Å². The standard InChI is InChI=1S/C23H23N5O2S/c1-3-25-12-13-26-22-14-18(16-8-10-17(11-9-16)31(2,29)30)19(15-24)23-27-20-6-4-5-7-21(20)28(22)23/h4-11,14,25-26H,3,12-13H2,1-2H3. The van der Waals surface area contributed by atoms with E-state index in [0.717, 1.165) is 35.5 Å². The minimum absolute atomic E-state index is 0.242. The van der Waals surface area contributed by atoms with Gasteiger partial charge in [-0.05, 0) is 42.4 Å². The lowest BCUT2D eigenvalue weighted by Crippen LogP contribution is -2.22. The Morgan fingerprint density at radius 3 is 2.52 bits per heavy atom. The molecular formula is C23H23N5O2S. The van der Waals surface area contributed by atoms with Gasteiger partial charge in [-0.3, -0.25) is 4.40 Å². The van der Waals surface area contributed by atoms with Crippen LogP contribution in [0.4, 0.5) is 5.82 Å². The van der Waals surface area contributed by atoms with Crippen molar-refractivity contribution in [3.05, 3.63) is 60.2 Å². The largest absolute Gasteiger partial charge is 0.370 e. The van der Waals surface area contributed by atoms with E-state index in [4.69, 9.17) is 4.98 Å². The fourth-order valence-corrected chi connectivity index (χ4v) is 4.27. The second kappa shape index (κ2) is 8.38. The molecule has 2 N–H and O–H groups in total. The van der Waals surface area contributed by atoms with Crippen LogP contribution in [0.25, 0.3) is 27.8 Å². The summed E-state index contributed by atoms with van der Waals surface area (Å²) in [6, 6.07) is 18.6. The summed E-state index contributed by atoms with van der Waals surface area (Å²) < 4.78 is 25.6. The van der Waals surface area contributed by atoms with Crippen molar-refractivity contribution in [2.24, 2.45) is 0 Å². The van der Waals surface area contributed by atoms with Gasteiger partial charge in [0.2, 0.25) is 0 Å². The highest BCUT2D eigenvalue weighted by Crippen LogP contribution is 2.33. The average molecular weight is 434 g/mol. The molecular weight excluding hydrogens is 410 g/mol. The zero-order valence-electron chi connectivity index (χ0n) is 17.4. The number of pyridine rings is 1. The second-order valence-corrected chi connectivity index (χ2v) is 9.28. The van der Waals surface area contributed by atoms with Gasteiger partial charge in [0.15, 0.2) is 15.5 Å². The quantitative estimate of drug-likeness (QED) is 0.433. The number of nitrogens with zero attached hydrogens (tertiary/aromatic N) is 3. The van der Waals surface area contributed by atoms with E-state index in [9.17, 15) is 13.7 Å². The molecule has 4 aromatic rings. The van der Waals surface area contributed by atoms with Crippen LogP contribution in [0.2, 0.25) is 0 Å². The predicted octanol–water partition coefficient (Wildman–Crippen LogP) is 3.45. The van der Waals surface area contributed by atoms with E-state index in [2.05, 4.69) is 23.6 Å². The Morgan fingerprint density at radius 1 is 1.10 bits per heavy atom. The lowest BCUT2D eigenvalue weighted by Gasteiger charge is -2.14. The highest BCUT2D eigenvalue weighted by molar-refractivity contribution is 7.90. The normalized spacial score (nSPS) is 11.6. The third-order valence-corrected chi connectivity index (χ3v) is 6.27. The topological polar surface area (TPSA) is 99.3 Å². The summed E-state index contributed by atoms with van der Waals surface area (Å²) in [4.78, 5) is 4.96. The molecule has 0 atom stereocenters. The number of hydrogen-bond donors (Lipinski definition) is 2. The van der Waals surface area contributed by atoms with E-state index in [1.165, 1.54) is 6.26 Å². The van der Waals surface area contributed by atoms with Crippen molar-refractivity contribution in [2.75, 3.05) is 31.2 Å². The molecule has 2 aromatic heterocycles. The lowest BCUT2D eigenvalue weighted by atomic mass is 10.0. The maximum absolute atomic E-state index is 11.8. The number of aromatic nitrogens is 2. The van der Waals surface area contributed by atoms with E-state index < -0.39 is 9.84 Å². The van der Waals surface area contributed by atoms with Crippen LogP contribution in [-0.4, -0.2) is 43.7 Å². The van der Waals surface area contributed by atoms with Crippen LogP contribution in [0.15, 0.2) is 59.5 Å². The van der Waals surface area contributed by atoms with Crippen molar-refractivity contribution < 1.29 is 8.42 Å². The van der Waals surface area contributed by atoms with Crippen LogP contribution in [0.5, 0.6) is 0 Å². The molecule has 0 bridgehead atoms. The van der Waals surface area contributed by atoms with Crippen LogP contribution in [0.1, 0.15) is 12.5 Å². The maximum Gasteiger partial charge on any atom is 0.175 e. The van der Waals surface area contributed by atoms with E-state index in [1.54, 1.807) is 24.3 Å². The zero-order valence-corrected chi connectivity index (χ0v) is 18.2. The third kappa shape index (κ3) is 3.98. The molecule has 0 saturated carbocycles. The van der Waals surface area contributed by atoms with Crippen molar-refractivity contribution in [3.63, 3.8) is 0 Å². The van der Waals surface area contributed by atoms with Crippen molar-refractivity contribution in [3.8, 4) is 17.2 Å². The first-order chi connectivity index (χ1) is 14.9. The van der Waals surface area contributed by atoms with Gasteiger partial charge in [-0.1, -0.05) is 31.2 Å². The minimum Gasteiger partial charge on any atom is -0.370 e. The monoisotopic (exact) mass is 433 g/mol. The number of nitrogens with one attached hydrogen (secondary N) is 2. The number of imidazole rings is 1. The van der Waals surface area contributed by atoms with Crippen LogP contribution >= 0.6 is 0 Å². The molecule has 0 radical (unpaired) electrons. The number of sulfone groups is 1. The molecule has 0 aliphatic carbocycles. The summed E-state index contributed by atoms with van der Waals surface area (Å²) >= 11 is 0. The summed E-state index contributed by atoms with van der Waals surface area (Å²) in [5.74, 6) is 0.822. The minimum atomic E-state index is -3.30. The van der Waals surface area contributed by atoms with Gasteiger partial charge in [-0.2, -0.15) is 5.26 Å². The Bertz CT molecular complexity index is 1400. The van der Waals surface area contributed by atoms with Crippen molar-refractivity contribution >= 4 is 32.3 Å². The average Bonchev–Trinajstić information content (AvgIpc) is 3.15. The fraction of sp³-hybridized carbons (Fsp3) is 0.217. The van der Waals surface area contributed by atoms with Gasteiger partial charge in [-0.25, -0.2) is 13.4 Å². The summed E-state index contributed by atoms with van der Waals surface area (Å²) in [6.07, 6.45) is 1.18. The zero-order chi connectivity index (χ0) is 22.0. The first-order valence-corrected chi connectivity index (χ1v) is 11.9. The first kappa shape index (κ1) is 20.8. The van der Waals surface area contributed by atoms with Gasteiger partial charge in [-0.15, -0.1) is 0 Å². The highest BCUT2D eigenvalue weighted by atomic mass is 32.2. The molecule has 0 spiro atoms. The van der Waals surface area contributed by atoms with Gasteiger partial charge in [0.05, 0.1) is 15.9 Å². The highest BCUT2D eigenvalue weighted by Gasteiger charge is 2.18. The molecule has 158 valence electrons. The van der Waals surface area contributed by atoms with Gasteiger partial charge < -0.3 is 10.6 Å². The molecule has 0 saturated heterocycles. The van der Waals surface area contributed by atoms with Crippen molar-refractivity contribution in [1.82, 2.24) is 14.7 Å². The Balaban J connectivity index is 1.93. The molecule has 0 aliphatic rings. The summed E-state index contributed by atoms with van der Waals surface area (Å²) in [7, 11) is -3.30. The Labute approximate surface area is 181 Å². The number of benzene rings is 2. The SMILES string of the molecule is CCNCCNc1cc(-c2ccc(S(C)(=O)=O)cc2)c(C#N)c2nc3ccccc3n12. The lowest BCUT2D eigenvalue weighted by molar-refractivity contribution is 0.602. The molecule has 0 unspecified atom stereocenters. The van der Waals surface area contributed by atoms with Gasteiger partial charge in [0.1, 0.15) is 17.5 Å². The maximum atomic E-state index is 11.8. The van der Waals surface area contributed by atoms with Gasteiger partial charge >= 0.3 is 0 Å². The van der Waals surface area contributed by atoms with Crippen LogP contribution in [0.3, 0.4) is 0 Å². The number of hydrogen-bond acceptors (Lipinski definition) is 6. The van der Waals surface area contributed by atoms with E-state index in [1.807, 2.05) is 34.7 Å². The van der Waals surface area contributed by atoms with E-state index in [0.29, 0.717) is 23.3 Å². The number of anilines is 1. The Morgan fingerprint density at radius 2 is 1.84 bits per heavy atom. The summed E-state index contributed by atoms with van der Waals surface area (Å²) in [5.41, 5.74) is 4.20. The number of para-hydroxylation sites is 2. The Kier molecular flexibility index (Phi) is 5.63. The van der Waals surface area contributed by atoms with Crippen LogP contribution in [0, 0.1) is 11.3 Å². The smallest absolute Gasteiger partial charge is 0.175 e. The number of fused-ring (bicyclic) bond motifs is 3. The second-order valence-electron chi connectivity index (χ2n) is 7.27. The number of nitriles is 1. The third-order valence-electron chi connectivity index (χ3n) is 5.14. The molecule has 4 rings (SSSR count). The molecule has 8 heteroatoms. The molecule has 0 aliphatic heterocycles. The summed E-state index contributed by atoms with van der Waals surface area (Å²) in [6.45, 7) is 4.44. The fourth-order valence-electron chi connectivity index (χ4n) is 3.64. The van der Waals surface area contributed by atoms with Gasteiger partial charge in [0, 0.05) is 24.9 Å².